The van der Waals surface area contributed by atoms with Crippen LogP contribution in [0.5, 0.6) is 0 Å². The number of benzene rings is 1. The van der Waals surface area contributed by atoms with Crippen LogP contribution >= 0.6 is 11.6 Å². The number of nitrogens with zero attached hydrogens (tertiary/aromatic N) is 1. The molecule has 1 aliphatic rings. The van der Waals surface area contributed by atoms with Crippen LogP contribution in [0.4, 0.5) is 5.69 Å². The molecule has 0 aliphatic carbocycles. The fourth-order valence-electron chi connectivity index (χ4n) is 2.77. The van der Waals surface area contributed by atoms with E-state index in [0.29, 0.717) is 6.54 Å². The zero-order chi connectivity index (χ0) is 13.1. The molecule has 2 N–H and O–H groups in total. The number of rotatable bonds is 4. The van der Waals surface area contributed by atoms with Crippen molar-refractivity contribution >= 4 is 17.3 Å². The molecular weight excluding hydrogens is 244 g/mol. The van der Waals surface area contributed by atoms with Crippen molar-refractivity contribution in [1.29, 1.82) is 0 Å². The van der Waals surface area contributed by atoms with Gasteiger partial charge in [-0.15, -0.1) is 0 Å². The lowest BCUT2D eigenvalue weighted by Crippen LogP contribution is -2.23. The summed E-state index contributed by atoms with van der Waals surface area (Å²) in [5.41, 5.74) is 8.31. The van der Waals surface area contributed by atoms with Crippen LogP contribution in [-0.4, -0.2) is 19.6 Å². The first kappa shape index (κ1) is 13.7. The van der Waals surface area contributed by atoms with E-state index < -0.39 is 0 Å². The molecule has 0 aromatic heterocycles. The van der Waals surface area contributed by atoms with E-state index in [1.54, 1.807) is 0 Å². The molecule has 2 rings (SSSR count). The van der Waals surface area contributed by atoms with Crippen molar-refractivity contribution in [3.05, 3.63) is 28.8 Å². The van der Waals surface area contributed by atoms with Gasteiger partial charge in [0.2, 0.25) is 0 Å². The van der Waals surface area contributed by atoms with E-state index in [4.69, 9.17) is 17.3 Å². The summed E-state index contributed by atoms with van der Waals surface area (Å²) in [6, 6.07) is 6.20. The molecule has 0 saturated carbocycles. The summed E-state index contributed by atoms with van der Waals surface area (Å²) in [4.78, 5) is 2.49. The molecule has 100 valence electrons. The first-order valence-electron chi connectivity index (χ1n) is 6.85. The monoisotopic (exact) mass is 266 g/mol. The summed E-state index contributed by atoms with van der Waals surface area (Å²) >= 11 is 6.08. The quantitative estimate of drug-likeness (QED) is 0.906. The van der Waals surface area contributed by atoms with E-state index in [9.17, 15) is 0 Å². The first-order valence-corrected chi connectivity index (χ1v) is 7.23. The second-order valence-electron chi connectivity index (χ2n) is 5.55. The zero-order valence-electron chi connectivity index (χ0n) is 11.3. The fourth-order valence-corrected chi connectivity index (χ4v) is 2.96. The summed E-state index contributed by atoms with van der Waals surface area (Å²) in [6.07, 6.45) is 2.20. The van der Waals surface area contributed by atoms with Crippen LogP contribution in [-0.2, 0) is 6.42 Å². The van der Waals surface area contributed by atoms with Gasteiger partial charge >= 0.3 is 0 Å². The molecule has 1 heterocycles. The van der Waals surface area contributed by atoms with Crippen LogP contribution in [0.3, 0.4) is 0 Å². The van der Waals surface area contributed by atoms with E-state index in [0.717, 1.165) is 36.4 Å². The summed E-state index contributed by atoms with van der Waals surface area (Å²) in [5, 5.41) is 0.807. The topological polar surface area (TPSA) is 29.3 Å². The highest BCUT2D eigenvalue weighted by Gasteiger charge is 2.26. The Balaban J connectivity index is 2.18. The van der Waals surface area contributed by atoms with Crippen LogP contribution in [0.1, 0.15) is 25.8 Å². The molecule has 1 saturated heterocycles. The first-order chi connectivity index (χ1) is 8.61. The van der Waals surface area contributed by atoms with Gasteiger partial charge in [-0.2, -0.15) is 0 Å². The number of hydrogen-bond donors (Lipinski definition) is 1. The standard InChI is InChI=1S/C15H23ClN2/c1-11(2)13-6-8-18(10-13)15-4-3-14(16)9-12(15)5-7-17/h3-4,9,11,13H,5-8,10,17H2,1-2H3. The Labute approximate surface area is 115 Å². The van der Waals surface area contributed by atoms with Crippen molar-refractivity contribution in [3.63, 3.8) is 0 Å². The Morgan fingerprint density at radius 3 is 2.83 bits per heavy atom. The van der Waals surface area contributed by atoms with Crippen molar-refractivity contribution in [2.45, 2.75) is 26.7 Å². The van der Waals surface area contributed by atoms with Gasteiger partial charge in [0.15, 0.2) is 0 Å². The average Bonchev–Trinajstić information content (AvgIpc) is 2.79. The third kappa shape index (κ3) is 2.99. The van der Waals surface area contributed by atoms with Gasteiger partial charge in [0, 0.05) is 23.8 Å². The molecule has 1 aliphatic heterocycles. The summed E-state index contributed by atoms with van der Waals surface area (Å²) in [6.45, 7) is 7.63. The fraction of sp³-hybridized carbons (Fsp3) is 0.600. The van der Waals surface area contributed by atoms with Crippen LogP contribution in [0.25, 0.3) is 0 Å². The van der Waals surface area contributed by atoms with E-state index in [2.05, 4.69) is 30.9 Å². The number of halogens is 1. The van der Waals surface area contributed by atoms with E-state index in [1.165, 1.54) is 17.7 Å². The van der Waals surface area contributed by atoms with E-state index in [1.807, 2.05) is 6.07 Å². The van der Waals surface area contributed by atoms with Crippen LogP contribution in [0.2, 0.25) is 5.02 Å². The number of hydrogen-bond acceptors (Lipinski definition) is 2. The minimum Gasteiger partial charge on any atom is -0.371 e. The Bertz CT molecular complexity index is 403. The number of anilines is 1. The molecule has 1 atom stereocenters. The molecule has 0 amide bonds. The lowest BCUT2D eigenvalue weighted by Gasteiger charge is -2.23. The molecule has 1 unspecified atom stereocenters. The smallest absolute Gasteiger partial charge is 0.0410 e. The Morgan fingerprint density at radius 1 is 1.44 bits per heavy atom. The lowest BCUT2D eigenvalue weighted by atomic mass is 9.95. The Kier molecular flexibility index (Phi) is 4.52. The van der Waals surface area contributed by atoms with Gasteiger partial charge in [-0.3, -0.25) is 0 Å². The SMILES string of the molecule is CC(C)C1CCN(c2ccc(Cl)cc2CCN)C1. The third-order valence-electron chi connectivity index (χ3n) is 3.96. The molecule has 18 heavy (non-hydrogen) atoms. The van der Waals surface area contributed by atoms with Gasteiger partial charge in [-0.1, -0.05) is 25.4 Å². The van der Waals surface area contributed by atoms with Gasteiger partial charge in [0.1, 0.15) is 0 Å². The normalized spacial score (nSPS) is 19.8. The minimum absolute atomic E-state index is 0.675. The lowest BCUT2D eigenvalue weighted by molar-refractivity contribution is 0.422. The van der Waals surface area contributed by atoms with E-state index >= 15 is 0 Å². The molecule has 0 radical (unpaired) electrons. The maximum absolute atomic E-state index is 6.08. The predicted molar refractivity (Wildman–Crippen MR) is 79.4 cm³/mol. The van der Waals surface area contributed by atoms with Crippen molar-refractivity contribution < 1.29 is 0 Å². The highest BCUT2D eigenvalue weighted by atomic mass is 35.5. The summed E-state index contributed by atoms with van der Waals surface area (Å²) in [5.74, 6) is 1.58. The Morgan fingerprint density at radius 2 is 2.22 bits per heavy atom. The molecule has 1 aromatic carbocycles. The predicted octanol–water partition coefficient (Wildman–Crippen LogP) is 3.32. The maximum Gasteiger partial charge on any atom is 0.0410 e. The molecule has 2 nitrogen and oxygen atoms in total. The van der Waals surface area contributed by atoms with Crippen molar-refractivity contribution in [2.75, 3.05) is 24.5 Å². The third-order valence-corrected chi connectivity index (χ3v) is 4.20. The van der Waals surface area contributed by atoms with Crippen LogP contribution in [0, 0.1) is 11.8 Å². The maximum atomic E-state index is 6.08. The van der Waals surface area contributed by atoms with Crippen molar-refractivity contribution in [1.82, 2.24) is 0 Å². The molecule has 1 fully saturated rings. The summed E-state index contributed by atoms with van der Waals surface area (Å²) in [7, 11) is 0. The average molecular weight is 267 g/mol. The highest BCUT2D eigenvalue weighted by Crippen LogP contribution is 2.31. The molecule has 3 heteroatoms. The molecular formula is C15H23ClN2. The minimum atomic E-state index is 0.675. The second kappa shape index (κ2) is 5.94. The van der Waals surface area contributed by atoms with Gasteiger partial charge in [0.05, 0.1) is 0 Å². The second-order valence-corrected chi connectivity index (χ2v) is 5.99. The van der Waals surface area contributed by atoms with Crippen molar-refractivity contribution in [3.8, 4) is 0 Å². The molecule has 0 spiro atoms. The van der Waals surface area contributed by atoms with Crippen LogP contribution < -0.4 is 10.6 Å². The molecule has 1 aromatic rings. The number of nitrogens with two attached hydrogens (primary N) is 1. The van der Waals surface area contributed by atoms with Gasteiger partial charge in [-0.25, -0.2) is 0 Å². The van der Waals surface area contributed by atoms with E-state index in [-0.39, 0.29) is 0 Å². The highest BCUT2D eigenvalue weighted by molar-refractivity contribution is 6.30. The van der Waals surface area contributed by atoms with Crippen molar-refractivity contribution in [2.24, 2.45) is 17.6 Å². The van der Waals surface area contributed by atoms with Crippen LogP contribution in [0.15, 0.2) is 18.2 Å². The largest absolute Gasteiger partial charge is 0.371 e. The zero-order valence-corrected chi connectivity index (χ0v) is 12.1. The summed E-state index contributed by atoms with van der Waals surface area (Å²) < 4.78 is 0. The van der Waals surface area contributed by atoms with Gasteiger partial charge in [-0.05, 0) is 55.0 Å². The van der Waals surface area contributed by atoms with Gasteiger partial charge in [0.25, 0.3) is 0 Å². The van der Waals surface area contributed by atoms with Gasteiger partial charge < -0.3 is 10.6 Å². The molecule has 0 bridgehead atoms. The Hall–Kier alpha value is -0.730.